The predicted molar refractivity (Wildman–Crippen MR) is 69.8 cm³/mol. The number of hydrogen-bond acceptors (Lipinski definition) is 2. The first-order valence-electron chi connectivity index (χ1n) is 4.78. The molecule has 0 aromatic carbocycles. The number of unbranched alkanes of at least 4 members (excludes halogenated alkanes) is 2. The molecule has 0 aliphatic carbocycles. The Balaban J connectivity index is 3.42. The van der Waals surface area contributed by atoms with Crippen LogP contribution in [0.1, 0.15) is 39.5 Å². The third kappa shape index (κ3) is 10.5. The Hall–Kier alpha value is 2.25. The van der Waals surface area contributed by atoms with E-state index in [2.05, 4.69) is 50.1 Å². The molecule has 5 heteroatoms. The van der Waals surface area contributed by atoms with Gasteiger partial charge in [0.05, 0.1) is 0 Å². The van der Waals surface area contributed by atoms with Gasteiger partial charge in [0, 0.05) is 0 Å². The molecule has 0 bridgehead atoms. The van der Waals surface area contributed by atoms with Gasteiger partial charge in [0.2, 0.25) is 0 Å². The number of hydrogen-bond donors (Lipinski definition) is 0. The van der Waals surface area contributed by atoms with Crippen LogP contribution in [0, 0.1) is 0 Å². The molecule has 0 fully saturated rings. The van der Waals surface area contributed by atoms with Crippen molar-refractivity contribution in [2.45, 2.75) is 39.5 Å². The van der Waals surface area contributed by atoms with Gasteiger partial charge in [-0.05, 0) is 0 Å². The van der Waals surface area contributed by atoms with Crippen molar-refractivity contribution in [1.29, 1.82) is 0 Å². The molecule has 0 rings (SSSR count). The molecule has 0 aliphatic heterocycles. The Morgan fingerprint density at radius 3 is 1.62 bits per heavy atom. The molecule has 0 atom stereocenters. The van der Waals surface area contributed by atoms with Crippen LogP contribution in [0.4, 0.5) is 0 Å². The van der Waals surface area contributed by atoms with Gasteiger partial charge in [-0.2, -0.15) is 0 Å². The first-order valence-corrected chi connectivity index (χ1v) is 28.1. The molecule has 0 aliphatic rings. The van der Waals surface area contributed by atoms with Gasteiger partial charge < -0.3 is 0 Å². The van der Waals surface area contributed by atoms with Crippen LogP contribution in [-0.4, -0.2) is 13.2 Å². The summed E-state index contributed by atoms with van der Waals surface area (Å²) in [4.78, 5) is 0. The summed E-state index contributed by atoms with van der Waals surface area (Å²) in [6.45, 7) is 6.13. The summed E-state index contributed by atoms with van der Waals surface area (Å²) in [5.41, 5.74) is 0. The van der Waals surface area contributed by atoms with Crippen molar-refractivity contribution in [2.24, 2.45) is 0 Å². The summed E-state index contributed by atoms with van der Waals surface area (Å²) in [7, 11) is 0. The Kier molecular flexibility index (Phi) is 11.1. The van der Waals surface area contributed by atoms with Crippen molar-refractivity contribution >= 4 is 36.3 Å². The van der Waals surface area contributed by atoms with Gasteiger partial charge in [-0.25, -0.2) is 0 Å². The second-order valence-electron chi connectivity index (χ2n) is 2.87. The SMILES string of the molecule is CCCC[O][Hf]([I])([I])[O]CCCC. The molecular weight excluding hydrogens is 560 g/mol. The molecule has 0 saturated carbocycles. The molecule has 0 unspecified atom stereocenters. The minimum atomic E-state index is -2.67. The zero-order chi connectivity index (χ0) is 10.2. The van der Waals surface area contributed by atoms with E-state index in [0.29, 0.717) is 0 Å². The zero-order valence-electron chi connectivity index (χ0n) is 8.32. The molecule has 0 N–H and O–H groups in total. The van der Waals surface area contributed by atoms with Gasteiger partial charge in [-0.3, -0.25) is 0 Å². The van der Waals surface area contributed by atoms with Crippen molar-refractivity contribution in [3.63, 3.8) is 0 Å². The van der Waals surface area contributed by atoms with E-state index < -0.39 is 12.5 Å². The fourth-order valence-electron chi connectivity index (χ4n) is 0.712. The van der Waals surface area contributed by atoms with Crippen LogP contribution in [0.3, 0.4) is 0 Å². The Labute approximate surface area is 106 Å². The Morgan fingerprint density at radius 1 is 0.923 bits per heavy atom. The van der Waals surface area contributed by atoms with Gasteiger partial charge >= 0.3 is 107 Å². The van der Waals surface area contributed by atoms with E-state index in [-0.39, 0.29) is 0 Å². The van der Waals surface area contributed by atoms with Crippen molar-refractivity contribution < 1.29 is 18.2 Å². The van der Waals surface area contributed by atoms with Crippen LogP contribution in [0.25, 0.3) is 0 Å². The molecule has 80 valence electrons. The van der Waals surface area contributed by atoms with Crippen LogP contribution in [0.5, 0.6) is 0 Å². The van der Waals surface area contributed by atoms with Crippen LogP contribution in [-0.2, 0) is 18.2 Å². The quantitative estimate of drug-likeness (QED) is 0.243. The first kappa shape index (κ1) is 15.3. The van der Waals surface area contributed by atoms with Crippen LogP contribution in [0.15, 0.2) is 0 Å². The summed E-state index contributed by atoms with van der Waals surface area (Å²) in [5.74, 6) is 0. The van der Waals surface area contributed by atoms with Gasteiger partial charge in [-0.15, -0.1) is 0 Å². The average Bonchev–Trinajstić information content (AvgIpc) is 2.05. The predicted octanol–water partition coefficient (Wildman–Crippen LogP) is 4.30. The van der Waals surface area contributed by atoms with Crippen molar-refractivity contribution in [1.82, 2.24) is 0 Å². The molecule has 13 heavy (non-hydrogen) atoms. The molecule has 0 spiro atoms. The molecule has 0 aromatic rings. The molecular formula is C8H18HfI2O2. The van der Waals surface area contributed by atoms with Crippen LogP contribution >= 0.6 is 36.3 Å². The van der Waals surface area contributed by atoms with E-state index in [9.17, 15) is 0 Å². The number of rotatable bonds is 8. The summed E-state index contributed by atoms with van der Waals surface area (Å²) >= 11 is 2.17. The van der Waals surface area contributed by atoms with E-state index in [1.54, 1.807) is 0 Å². The van der Waals surface area contributed by atoms with Gasteiger partial charge in [0.25, 0.3) is 0 Å². The summed E-state index contributed by atoms with van der Waals surface area (Å²) in [5, 5.41) is 0. The number of halogens is 2. The minimum absolute atomic E-state index is 0.885. The zero-order valence-corrected chi connectivity index (χ0v) is 16.2. The van der Waals surface area contributed by atoms with Gasteiger partial charge in [0.15, 0.2) is 0 Å². The Bertz CT molecular complexity index is 111. The van der Waals surface area contributed by atoms with Crippen LogP contribution in [0.2, 0.25) is 0 Å². The summed E-state index contributed by atoms with van der Waals surface area (Å²) < 4.78 is 11.6. The maximum atomic E-state index is 5.79. The third-order valence-electron chi connectivity index (χ3n) is 1.54. The maximum absolute atomic E-state index is 5.79. The van der Waals surface area contributed by atoms with E-state index in [4.69, 9.17) is 5.71 Å². The van der Waals surface area contributed by atoms with Gasteiger partial charge in [0.1, 0.15) is 0 Å². The van der Waals surface area contributed by atoms with Crippen molar-refractivity contribution in [3.8, 4) is 0 Å². The second-order valence-corrected chi connectivity index (χ2v) is 48.4. The average molecular weight is 579 g/mol. The molecule has 2 nitrogen and oxygen atoms in total. The second kappa shape index (κ2) is 9.47. The first-order chi connectivity index (χ1) is 6.12. The van der Waals surface area contributed by atoms with E-state index >= 15 is 0 Å². The fourth-order valence-corrected chi connectivity index (χ4v) is 11.0. The monoisotopic (exact) mass is 580 g/mol. The standard InChI is InChI=1S/2C4H9O.Hf.2HI/c2*1-2-3-4-5;;;/h2*2-4H2,1H3;;2*1H/q2*-1;+4;;/p-2. The van der Waals surface area contributed by atoms with Crippen molar-refractivity contribution in [2.75, 3.05) is 13.2 Å². The van der Waals surface area contributed by atoms with Crippen molar-refractivity contribution in [3.05, 3.63) is 0 Å². The molecule has 0 radical (unpaired) electrons. The third-order valence-corrected chi connectivity index (χ3v) is 15.6. The molecule has 0 aromatic heterocycles. The van der Waals surface area contributed by atoms with E-state index in [0.717, 1.165) is 26.1 Å². The topological polar surface area (TPSA) is 18.5 Å². The summed E-state index contributed by atoms with van der Waals surface area (Å²) in [6.07, 6.45) is 4.72. The van der Waals surface area contributed by atoms with E-state index in [1.807, 2.05) is 0 Å². The van der Waals surface area contributed by atoms with E-state index in [1.165, 1.54) is 12.8 Å². The Morgan fingerprint density at radius 2 is 1.31 bits per heavy atom. The fraction of sp³-hybridized carbons (Fsp3) is 1.00. The van der Waals surface area contributed by atoms with Crippen LogP contribution < -0.4 is 0 Å². The molecule has 0 heterocycles. The summed E-state index contributed by atoms with van der Waals surface area (Å²) in [6, 6.07) is 0. The normalized spacial score (nSPS) is 12.0. The van der Waals surface area contributed by atoms with Gasteiger partial charge in [-0.1, -0.05) is 0 Å². The molecule has 0 saturated heterocycles. The molecule has 0 amide bonds.